The van der Waals surface area contributed by atoms with E-state index in [1.807, 2.05) is 0 Å². The van der Waals surface area contributed by atoms with E-state index in [-0.39, 0.29) is 39.1 Å². The summed E-state index contributed by atoms with van der Waals surface area (Å²) >= 11 is 0. The van der Waals surface area contributed by atoms with Crippen LogP contribution in [0.2, 0.25) is 0 Å². The van der Waals surface area contributed by atoms with E-state index in [0.717, 1.165) is 38.5 Å². The highest BCUT2D eigenvalue weighted by molar-refractivity contribution is 5.87. The highest BCUT2D eigenvalue weighted by atomic mass is 16.6. The van der Waals surface area contributed by atoms with Gasteiger partial charge < -0.3 is 14.8 Å². The molecule has 0 spiro atoms. The molecule has 52 heavy (non-hydrogen) atoms. The van der Waals surface area contributed by atoms with E-state index >= 15 is 0 Å². The molecule has 5 nitrogen and oxygen atoms in total. The number of hydrogen-bond donors (Lipinski definition) is 1. The molecule has 0 aromatic rings. The monoisotopic (exact) mass is 728 g/mol. The molecule has 0 aromatic carbocycles. The second-order valence-corrected chi connectivity index (χ2v) is 18.7. The van der Waals surface area contributed by atoms with Gasteiger partial charge in [-0.1, -0.05) is 196 Å². The molecule has 0 aliphatic heterocycles. The van der Waals surface area contributed by atoms with Crippen molar-refractivity contribution in [3.05, 3.63) is 23.3 Å². The minimum absolute atomic E-state index is 0.00167. The van der Waals surface area contributed by atoms with Gasteiger partial charge in [0.2, 0.25) is 0 Å². The SMILES string of the molecule is C=C(C)C(=O)OC(CCCCCCCCCCCC)C(CCCCCCCCCCC)NC(=O)OCC1(C)C(C)(C)C2(C)C(C)=C(C)C1(C)C2(C)C. The molecule has 5 heteroatoms. The maximum atomic E-state index is 13.9. The van der Waals surface area contributed by atoms with Crippen molar-refractivity contribution >= 4 is 12.1 Å². The van der Waals surface area contributed by atoms with Gasteiger partial charge in [-0.05, 0) is 50.9 Å². The first kappa shape index (κ1) is 46.4. The van der Waals surface area contributed by atoms with Gasteiger partial charge in [0.1, 0.15) is 6.10 Å². The molecule has 1 saturated carbocycles. The summed E-state index contributed by atoms with van der Waals surface area (Å²) in [6.45, 7) is 31.8. The number of unbranched alkanes of at least 4 members (excludes halogenated alkanes) is 17. The third kappa shape index (κ3) is 9.90. The Hall–Kier alpha value is -1.78. The number of carbonyl (C=O) groups is 2. The Morgan fingerprint density at radius 2 is 1.02 bits per heavy atom. The first-order chi connectivity index (χ1) is 24.4. The van der Waals surface area contributed by atoms with Crippen LogP contribution in [0.25, 0.3) is 0 Å². The Balaban J connectivity index is 2.15. The highest BCUT2D eigenvalue weighted by Gasteiger charge is 2.81. The van der Waals surface area contributed by atoms with E-state index in [1.54, 1.807) is 6.92 Å². The standard InChI is InChI=1S/C47H85NO4/c1-14-16-18-20-22-24-26-28-30-32-34-40(52-41(49)36(3)4)39(33-31-29-27-25-23-21-19-17-15-2)48-42(50)51-35-45(11)43(7,8)46(12)37(5)38(6)47(45,13)44(46,9)10/h39-40H,3,14-35H2,1-2,4-13H3,(H,48,50). The number of hydrogen-bond acceptors (Lipinski definition) is 4. The van der Waals surface area contributed by atoms with Gasteiger partial charge in [-0.3, -0.25) is 0 Å². The van der Waals surface area contributed by atoms with Gasteiger partial charge in [0.05, 0.1) is 12.6 Å². The van der Waals surface area contributed by atoms with E-state index in [0.29, 0.717) is 12.2 Å². The van der Waals surface area contributed by atoms with Crippen molar-refractivity contribution in [2.45, 2.75) is 230 Å². The van der Waals surface area contributed by atoms with Gasteiger partial charge >= 0.3 is 12.1 Å². The van der Waals surface area contributed by atoms with Crippen LogP contribution in [0.5, 0.6) is 0 Å². The molecule has 2 aliphatic rings. The number of nitrogens with one attached hydrogen (secondary N) is 1. The minimum Gasteiger partial charge on any atom is -0.457 e. The van der Waals surface area contributed by atoms with Crippen LogP contribution in [0.1, 0.15) is 218 Å². The Bertz CT molecular complexity index is 1170. The summed E-state index contributed by atoms with van der Waals surface area (Å²) in [6.07, 6.45) is 24.3. The van der Waals surface area contributed by atoms with Crippen LogP contribution >= 0.6 is 0 Å². The number of allylic oxidation sites excluding steroid dienone is 2. The van der Waals surface area contributed by atoms with Crippen LogP contribution in [-0.4, -0.2) is 30.8 Å². The number of ether oxygens (including phenoxy) is 2. The fraction of sp³-hybridized carbons (Fsp3) is 0.872. The molecule has 1 fully saturated rings. The molecular weight excluding hydrogens is 643 g/mol. The minimum atomic E-state index is -0.405. The van der Waals surface area contributed by atoms with Crippen molar-refractivity contribution in [2.75, 3.05) is 6.61 Å². The first-order valence-electron chi connectivity index (χ1n) is 21.9. The predicted octanol–water partition coefficient (Wildman–Crippen LogP) is 14.2. The zero-order valence-electron chi connectivity index (χ0n) is 36.6. The Labute approximate surface area is 322 Å². The topological polar surface area (TPSA) is 64.6 Å². The average molecular weight is 728 g/mol. The van der Waals surface area contributed by atoms with E-state index in [9.17, 15) is 9.59 Å². The molecule has 0 aromatic heterocycles. The zero-order chi connectivity index (χ0) is 39.2. The fourth-order valence-corrected chi connectivity index (χ4v) is 10.9. The number of carbonyl (C=O) groups excluding carboxylic acids is 2. The van der Waals surface area contributed by atoms with Crippen molar-refractivity contribution in [2.24, 2.45) is 27.1 Å². The molecule has 5 unspecified atom stereocenters. The molecule has 0 radical (unpaired) electrons. The summed E-state index contributed by atoms with van der Waals surface area (Å²) in [5.41, 5.74) is 2.80. The quantitative estimate of drug-likeness (QED) is 0.0396. The lowest BCUT2D eigenvalue weighted by Gasteiger charge is -2.55. The molecule has 2 bridgehead atoms. The third-order valence-corrected chi connectivity index (χ3v) is 15.6. The average Bonchev–Trinajstić information content (AvgIpc) is 3.25. The number of rotatable bonds is 27. The van der Waals surface area contributed by atoms with Gasteiger partial charge in [-0.15, -0.1) is 0 Å². The van der Waals surface area contributed by atoms with Crippen LogP contribution < -0.4 is 5.32 Å². The molecular formula is C47H85NO4. The lowest BCUT2D eigenvalue weighted by atomic mass is 9.50. The third-order valence-electron chi connectivity index (χ3n) is 15.6. The fourth-order valence-electron chi connectivity index (χ4n) is 10.9. The molecule has 0 heterocycles. The number of esters is 1. The summed E-state index contributed by atoms with van der Waals surface area (Å²) in [6, 6.07) is -0.298. The summed E-state index contributed by atoms with van der Waals surface area (Å²) in [7, 11) is 0. The second kappa shape index (κ2) is 20.8. The van der Waals surface area contributed by atoms with Crippen LogP contribution in [0, 0.1) is 27.1 Å². The van der Waals surface area contributed by atoms with Gasteiger partial charge in [0.25, 0.3) is 0 Å². The van der Waals surface area contributed by atoms with E-state index in [4.69, 9.17) is 9.47 Å². The number of amides is 1. The van der Waals surface area contributed by atoms with Gasteiger partial charge in [-0.2, -0.15) is 0 Å². The van der Waals surface area contributed by atoms with Crippen molar-refractivity contribution in [3.8, 4) is 0 Å². The zero-order valence-corrected chi connectivity index (χ0v) is 36.6. The molecule has 1 N–H and O–H groups in total. The Morgan fingerprint density at radius 1 is 0.615 bits per heavy atom. The lowest BCUT2D eigenvalue weighted by molar-refractivity contribution is -0.146. The molecule has 2 rings (SSSR count). The Kier molecular flexibility index (Phi) is 18.5. The Morgan fingerprint density at radius 3 is 1.44 bits per heavy atom. The highest BCUT2D eigenvalue weighted by Crippen LogP contribution is 2.86. The van der Waals surface area contributed by atoms with Crippen molar-refractivity contribution in [1.82, 2.24) is 5.32 Å². The van der Waals surface area contributed by atoms with E-state index in [1.165, 1.54) is 107 Å². The van der Waals surface area contributed by atoms with Crippen LogP contribution in [0.4, 0.5) is 4.79 Å². The molecule has 1 amide bonds. The molecule has 2 aliphatic carbocycles. The van der Waals surface area contributed by atoms with Crippen molar-refractivity contribution in [3.63, 3.8) is 0 Å². The van der Waals surface area contributed by atoms with Crippen molar-refractivity contribution in [1.29, 1.82) is 0 Å². The lowest BCUT2D eigenvalue weighted by Crippen LogP contribution is -2.53. The molecule has 302 valence electrons. The normalized spacial score (nSPS) is 25.6. The summed E-state index contributed by atoms with van der Waals surface area (Å²) in [5, 5.41) is 3.27. The number of alkyl carbamates (subject to hydrolysis) is 1. The second-order valence-electron chi connectivity index (χ2n) is 18.7. The summed E-state index contributed by atoms with van der Waals surface area (Å²) in [5.74, 6) is -0.374. The van der Waals surface area contributed by atoms with Gasteiger partial charge in [0, 0.05) is 21.8 Å². The maximum Gasteiger partial charge on any atom is 0.407 e. The summed E-state index contributed by atoms with van der Waals surface area (Å²) in [4.78, 5) is 26.8. The van der Waals surface area contributed by atoms with E-state index in [2.05, 4.69) is 88.1 Å². The predicted molar refractivity (Wildman–Crippen MR) is 222 cm³/mol. The largest absolute Gasteiger partial charge is 0.457 e. The van der Waals surface area contributed by atoms with Crippen molar-refractivity contribution < 1.29 is 19.1 Å². The van der Waals surface area contributed by atoms with Crippen LogP contribution in [0.3, 0.4) is 0 Å². The molecule has 5 atom stereocenters. The summed E-state index contributed by atoms with van der Waals surface area (Å²) < 4.78 is 12.4. The maximum absolute atomic E-state index is 13.9. The van der Waals surface area contributed by atoms with Gasteiger partial charge in [0.15, 0.2) is 0 Å². The van der Waals surface area contributed by atoms with E-state index < -0.39 is 12.2 Å². The molecule has 0 saturated heterocycles. The van der Waals surface area contributed by atoms with Crippen LogP contribution in [-0.2, 0) is 14.3 Å². The van der Waals surface area contributed by atoms with Crippen LogP contribution in [0.15, 0.2) is 23.3 Å². The number of fused-ring (bicyclic) bond motifs is 2. The van der Waals surface area contributed by atoms with Gasteiger partial charge in [-0.25, -0.2) is 9.59 Å². The smallest absolute Gasteiger partial charge is 0.407 e. The first-order valence-corrected chi connectivity index (χ1v) is 21.9.